The van der Waals surface area contributed by atoms with Crippen molar-refractivity contribution in [3.8, 4) is 0 Å². The average Bonchev–Trinajstić information content (AvgIpc) is 2.09. The van der Waals surface area contributed by atoms with Gasteiger partial charge in [-0.15, -0.1) is 0 Å². The Morgan fingerprint density at radius 3 is 2.60 bits per heavy atom. The van der Waals surface area contributed by atoms with Gasteiger partial charge < -0.3 is 5.32 Å². The van der Waals surface area contributed by atoms with Crippen LogP contribution in [0.15, 0.2) is 16.9 Å². The molecule has 1 heterocycles. The lowest BCUT2D eigenvalue weighted by molar-refractivity contribution is -0.167. The van der Waals surface area contributed by atoms with Gasteiger partial charge in [-0.3, -0.25) is 4.79 Å². The number of pyridine rings is 1. The van der Waals surface area contributed by atoms with Crippen LogP contribution in [-0.2, 0) is 4.79 Å². The largest absolute Gasteiger partial charge is 0.471 e. The molecule has 1 rings (SSSR count). The first-order valence-electron chi connectivity index (χ1n) is 3.81. The van der Waals surface area contributed by atoms with Gasteiger partial charge >= 0.3 is 12.1 Å². The van der Waals surface area contributed by atoms with Crippen LogP contribution in [0.1, 0.15) is 5.56 Å². The van der Waals surface area contributed by atoms with Crippen LogP contribution >= 0.6 is 15.9 Å². The average molecular weight is 283 g/mol. The molecule has 0 spiro atoms. The number of anilines is 1. The number of carbonyl (C=O) groups excluding carboxylic acids is 1. The zero-order valence-electron chi connectivity index (χ0n) is 7.52. The third kappa shape index (κ3) is 2.92. The van der Waals surface area contributed by atoms with Gasteiger partial charge in [-0.1, -0.05) is 0 Å². The standard InChI is InChI=1S/C8H6BrF3N2O/c1-4-2-3-13-6(9)5(4)14-7(15)8(10,11)12/h2-3H,1H3,(H,14,15). The molecule has 1 N–H and O–H groups in total. The van der Waals surface area contributed by atoms with Gasteiger partial charge in [0.2, 0.25) is 0 Å². The highest BCUT2D eigenvalue weighted by atomic mass is 79.9. The molecule has 0 fully saturated rings. The summed E-state index contributed by atoms with van der Waals surface area (Å²) in [5, 5.41) is 1.75. The number of aromatic nitrogens is 1. The fraction of sp³-hybridized carbons (Fsp3) is 0.250. The van der Waals surface area contributed by atoms with E-state index in [1.165, 1.54) is 12.3 Å². The Kier molecular flexibility index (Phi) is 3.33. The van der Waals surface area contributed by atoms with Crippen molar-refractivity contribution in [2.24, 2.45) is 0 Å². The maximum atomic E-state index is 12.0. The molecule has 0 radical (unpaired) electrons. The molecule has 0 saturated heterocycles. The van der Waals surface area contributed by atoms with E-state index in [1.54, 1.807) is 12.2 Å². The van der Waals surface area contributed by atoms with E-state index in [0.29, 0.717) is 5.56 Å². The van der Waals surface area contributed by atoms with Crippen LogP contribution in [-0.4, -0.2) is 17.1 Å². The summed E-state index contributed by atoms with van der Waals surface area (Å²) in [5.41, 5.74) is 0.523. The summed E-state index contributed by atoms with van der Waals surface area (Å²) < 4.78 is 36.0. The van der Waals surface area contributed by atoms with Crippen LogP contribution in [0.25, 0.3) is 0 Å². The van der Waals surface area contributed by atoms with Gasteiger partial charge in [-0.2, -0.15) is 13.2 Å². The lowest BCUT2D eigenvalue weighted by atomic mass is 10.2. The molecule has 82 valence electrons. The summed E-state index contributed by atoms with van der Waals surface area (Å²) >= 11 is 2.95. The second-order valence-corrected chi connectivity index (χ2v) is 3.50. The Bertz CT molecular complexity index is 372. The third-order valence-electron chi connectivity index (χ3n) is 1.61. The molecule has 0 aromatic carbocycles. The lowest BCUT2D eigenvalue weighted by Gasteiger charge is -2.10. The predicted molar refractivity (Wildman–Crippen MR) is 51.4 cm³/mol. The van der Waals surface area contributed by atoms with E-state index in [1.807, 2.05) is 0 Å². The minimum atomic E-state index is -4.90. The molecular formula is C8H6BrF3N2O. The first-order chi connectivity index (χ1) is 6.82. The first kappa shape index (κ1) is 12.0. The molecule has 1 aromatic rings. The minimum Gasteiger partial charge on any atom is -0.316 e. The van der Waals surface area contributed by atoms with Crippen LogP contribution in [0.3, 0.4) is 0 Å². The van der Waals surface area contributed by atoms with Crippen molar-refractivity contribution in [3.05, 3.63) is 22.4 Å². The Morgan fingerprint density at radius 2 is 2.13 bits per heavy atom. The van der Waals surface area contributed by atoms with E-state index in [2.05, 4.69) is 20.9 Å². The second-order valence-electron chi connectivity index (χ2n) is 2.75. The van der Waals surface area contributed by atoms with Crippen molar-refractivity contribution >= 4 is 27.5 Å². The summed E-state index contributed by atoms with van der Waals surface area (Å²) in [4.78, 5) is 14.4. The molecule has 0 aliphatic rings. The summed E-state index contributed by atoms with van der Waals surface area (Å²) in [5.74, 6) is -2.01. The zero-order valence-corrected chi connectivity index (χ0v) is 9.11. The molecule has 0 saturated carbocycles. The van der Waals surface area contributed by atoms with Crippen molar-refractivity contribution in [3.63, 3.8) is 0 Å². The van der Waals surface area contributed by atoms with E-state index in [9.17, 15) is 18.0 Å². The van der Waals surface area contributed by atoms with Crippen LogP contribution in [0, 0.1) is 6.92 Å². The molecule has 15 heavy (non-hydrogen) atoms. The molecule has 3 nitrogen and oxygen atoms in total. The molecule has 1 aromatic heterocycles. The van der Waals surface area contributed by atoms with Crippen LogP contribution in [0.5, 0.6) is 0 Å². The second kappa shape index (κ2) is 4.18. The topological polar surface area (TPSA) is 42.0 Å². The summed E-state index contributed by atoms with van der Waals surface area (Å²) in [7, 11) is 0. The van der Waals surface area contributed by atoms with Gasteiger partial charge in [0.1, 0.15) is 4.60 Å². The highest BCUT2D eigenvalue weighted by molar-refractivity contribution is 9.10. The van der Waals surface area contributed by atoms with Crippen molar-refractivity contribution in [2.45, 2.75) is 13.1 Å². The predicted octanol–water partition coefficient (Wildman–Crippen LogP) is 2.65. The number of halogens is 4. The SMILES string of the molecule is Cc1ccnc(Br)c1NC(=O)C(F)(F)F. The van der Waals surface area contributed by atoms with Crippen molar-refractivity contribution in [2.75, 3.05) is 5.32 Å². The number of nitrogens with one attached hydrogen (secondary N) is 1. The number of hydrogen-bond donors (Lipinski definition) is 1. The van der Waals surface area contributed by atoms with Gasteiger partial charge in [0.05, 0.1) is 5.69 Å². The number of carbonyl (C=O) groups is 1. The Labute approximate surface area is 91.8 Å². The number of alkyl halides is 3. The number of nitrogens with zero attached hydrogens (tertiary/aromatic N) is 1. The minimum absolute atomic E-state index is 0.0276. The van der Waals surface area contributed by atoms with Crippen molar-refractivity contribution < 1.29 is 18.0 Å². The van der Waals surface area contributed by atoms with Gasteiger partial charge in [-0.25, -0.2) is 4.98 Å². The van der Waals surface area contributed by atoms with E-state index in [-0.39, 0.29) is 10.3 Å². The summed E-state index contributed by atoms with van der Waals surface area (Å²) in [6, 6.07) is 1.50. The fourth-order valence-electron chi connectivity index (χ4n) is 0.860. The monoisotopic (exact) mass is 282 g/mol. The Hall–Kier alpha value is -1.11. The van der Waals surface area contributed by atoms with Crippen molar-refractivity contribution in [1.29, 1.82) is 0 Å². The highest BCUT2D eigenvalue weighted by Crippen LogP contribution is 2.25. The summed E-state index contributed by atoms with van der Waals surface area (Å²) in [6.45, 7) is 1.57. The molecule has 0 aliphatic heterocycles. The van der Waals surface area contributed by atoms with Crippen LogP contribution in [0.2, 0.25) is 0 Å². The van der Waals surface area contributed by atoms with Crippen molar-refractivity contribution in [1.82, 2.24) is 4.98 Å². The Morgan fingerprint density at radius 1 is 1.53 bits per heavy atom. The van der Waals surface area contributed by atoms with Crippen LogP contribution in [0.4, 0.5) is 18.9 Å². The van der Waals surface area contributed by atoms with E-state index < -0.39 is 12.1 Å². The molecule has 0 bridgehead atoms. The van der Waals surface area contributed by atoms with E-state index in [4.69, 9.17) is 0 Å². The van der Waals surface area contributed by atoms with E-state index in [0.717, 1.165) is 0 Å². The zero-order chi connectivity index (χ0) is 11.6. The summed E-state index contributed by atoms with van der Waals surface area (Å²) in [6.07, 6.45) is -3.48. The van der Waals surface area contributed by atoms with Gasteiger partial charge in [0, 0.05) is 6.20 Å². The van der Waals surface area contributed by atoms with Gasteiger partial charge in [0.15, 0.2) is 0 Å². The molecule has 0 aliphatic carbocycles. The smallest absolute Gasteiger partial charge is 0.316 e. The molecule has 1 amide bonds. The third-order valence-corrected chi connectivity index (χ3v) is 2.21. The van der Waals surface area contributed by atoms with Gasteiger partial charge in [0.25, 0.3) is 0 Å². The number of rotatable bonds is 1. The normalized spacial score (nSPS) is 11.3. The van der Waals surface area contributed by atoms with E-state index >= 15 is 0 Å². The molecule has 0 unspecified atom stereocenters. The fourth-order valence-corrected chi connectivity index (χ4v) is 1.39. The number of hydrogen-bond acceptors (Lipinski definition) is 2. The Balaban J connectivity index is 2.95. The molecule has 0 atom stereocenters. The maximum Gasteiger partial charge on any atom is 0.471 e. The van der Waals surface area contributed by atoms with Crippen LogP contribution < -0.4 is 5.32 Å². The maximum absolute atomic E-state index is 12.0. The highest BCUT2D eigenvalue weighted by Gasteiger charge is 2.39. The first-order valence-corrected chi connectivity index (χ1v) is 4.61. The molecular weight excluding hydrogens is 277 g/mol. The number of amides is 1. The lowest BCUT2D eigenvalue weighted by Crippen LogP contribution is -2.30. The quantitative estimate of drug-likeness (QED) is 0.805. The van der Waals surface area contributed by atoms with Gasteiger partial charge in [-0.05, 0) is 34.5 Å². The number of aryl methyl sites for hydroxylation is 1. The molecule has 7 heteroatoms.